The Labute approximate surface area is 85.9 Å². The van der Waals surface area contributed by atoms with Crippen molar-refractivity contribution in [3.8, 4) is 0 Å². The predicted molar refractivity (Wildman–Crippen MR) is 59.2 cm³/mol. The highest BCUT2D eigenvalue weighted by molar-refractivity contribution is 6.32. The summed E-state index contributed by atoms with van der Waals surface area (Å²) in [5, 5.41) is 0.914. The predicted octanol–water partition coefficient (Wildman–Crippen LogP) is 4.43. The summed E-state index contributed by atoms with van der Waals surface area (Å²) in [7, 11) is 0. The van der Waals surface area contributed by atoms with Gasteiger partial charge in [0.1, 0.15) is 0 Å². The number of halogens is 1. The molecule has 1 radical (unpaired) electrons. The fourth-order valence-electron chi connectivity index (χ4n) is 1.38. The van der Waals surface area contributed by atoms with E-state index in [1.165, 1.54) is 17.0 Å². The molecule has 1 aromatic carbocycles. The fraction of sp³-hybridized carbons (Fsp3) is 0.417. The maximum atomic E-state index is 6.28. The van der Waals surface area contributed by atoms with E-state index in [4.69, 9.17) is 11.6 Å². The van der Waals surface area contributed by atoms with Crippen molar-refractivity contribution in [3.63, 3.8) is 0 Å². The average Bonchev–Trinajstić information content (AvgIpc) is 2.03. The van der Waals surface area contributed by atoms with E-state index in [0.29, 0.717) is 5.92 Å². The van der Waals surface area contributed by atoms with Crippen molar-refractivity contribution in [3.05, 3.63) is 40.3 Å². The zero-order valence-electron chi connectivity index (χ0n) is 8.69. The zero-order chi connectivity index (χ0) is 10.0. The van der Waals surface area contributed by atoms with Crippen LogP contribution in [0, 0.1) is 5.92 Å². The van der Waals surface area contributed by atoms with Crippen molar-refractivity contribution in [2.75, 3.05) is 0 Å². The molecule has 0 atom stereocenters. The molecule has 0 fully saturated rings. The molecule has 0 N–H and O–H groups in total. The number of hydrogen-bond acceptors (Lipinski definition) is 0. The highest BCUT2D eigenvalue weighted by Crippen LogP contribution is 2.30. The third kappa shape index (κ3) is 2.25. The van der Waals surface area contributed by atoms with Crippen LogP contribution < -0.4 is 0 Å². The summed E-state index contributed by atoms with van der Waals surface area (Å²) in [6.07, 6.45) is 0. The van der Waals surface area contributed by atoms with Gasteiger partial charge in [-0.1, -0.05) is 57.5 Å². The van der Waals surface area contributed by atoms with Gasteiger partial charge in [0, 0.05) is 10.9 Å². The van der Waals surface area contributed by atoms with E-state index in [9.17, 15) is 0 Å². The lowest BCUT2D eigenvalue weighted by Gasteiger charge is -2.13. The lowest BCUT2D eigenvalue weighted by molar-refractivity contribution is 0.864. The van der Waals surface area contributed by atoms with Gasteiger partial charge in [-0.25, -0.2) is 0 Å². The quantitative estimate of drug-likeness (QED) is 0.655. The van der Waals surface area contributed by atoms with Gasteiger partial charge < -0.3 is 0 Å². The molecule has 1 rings (SSSR count). The summed E-state index contributed by atoms with van der Waals surface area (Å²) in [6, 6.07) is 6.24. The second-order valence-corrected chi connectivity index (χ2v) is 4.24. The molecule has 0 heterocycles. The monoisotopic (exact) mass is 195 g/mol. The molecule has 0 unspecified atom stereocenters. The summed E-state index contributed by atoms with van der Waals surface area (Å²) in [5.74, 6) is 1.76. The lowest BCUT2D eigenvalue weighted by Crippen LogP contribution is -1.95. The third-order valence-electron chi connectivity index (χ3n) is 2.19. The van der Waals surface area contributed by atoms with Crippen molar-refractivity contribution in [1.82, 2.24) is 0 Å². The first-order valence-corrected chi connectivity index (χ1v) is 5.00. The Bertz CT molecular complexity index is 261. The molecule has 0 aromatic heterocycles. The standard InChI is InChI=1S/C12H16Cl/c1-8(2)10-6-5-7-11(9(3)4)12(10)13/h5-8H,1-4H3. The van der Waals surface area contributed by atoms with E-state index in [1.807, 2.05) is 0 Å². The Morgan fingerprint density at radius 1 is 1.23 bits per heavy atom. The van der Waals surface area contributed by atoms with Crippen LogP contribution in [0.3, 0.4) is 0 Å². The molecule has 0 aliphatic rings. The highest BCUT2D eigenvalue weighted by atomic mass is 35.5. The van der Waals surface area contributed by atoms with Crippen LogP contribution in [0.15, 0.2) is 18.2 Å². The van der Waals surface area contributed by atoms with Gasteiger partial charge in [-0.2, -0.15) is 0 Å². The minimum Gasteiger partial charge on any atom is -0.0837 e. The van der Waals surface area contributed by atoms with Gasteiger partial charge in [-0.05, 0) is 17.0 Å². The van der Waals surface area contributed by atoms with Crippen LogP contribution in [0.5, 0.6) is 0 Å². The molecule has 1 aromatic rings. The molecule has 0 saturated carbocycles. The molecule has 0 amide bonds. The van der Waals surface area contributed by atoms with Gasteiger partial charge in [0.05, 0.1) is 0 Å². The molecular weight excluding hydrogens is 180 g/mol. The molecular formula is C12H16Cl. The van der Waals surface area contributed by atoms with Crippen molar-refractivity contribution >= 4 is 11.6 Å². The van der Waals surface area contributed by atoms with E-state index in [-0.39, 0.29) is 0 Å². The Morgan fingerprint density at radius 2 is 1.85 bits per heavy atom. The SMILES string of the molecule is C[C](C)c1cccc(C(C)C)c1Cl. The summed E-state index contributed by atoms with van der Waals surface area (Å²) in [5.41, 5.74) is 2.41. The minimum atomic E-state index is 0.492. The van der Waals surface area contributed by atoms with E-state index < -0.39 is 0 Å². The van der Waals surface area contributed by atoms with Gasteiger partial charge in [-0.3, -0.25) is 0 Å². The minimum absolute atomic E-state index is 0.492. The van der Waals surface area contributed by atoms with Gasteiger partial charge in [0.2, 0.25) is 0 Å². The van der Waals surface area contributed by atoms with Crippen LogP contribution in [0.1, 0.15) is 44.7 Å². The fourth-order valence-corrected chi connectivity index (χ4v) is 1.92. The molecule has 0 spiro atoms. The zero-order valence-corrected chi connectivity index (χ0v) is 9.44. The molecule has 0 aliphatic carbocycles. The topological polar surface area (TPSA) is 0 Å². The Morgan fingerprint density at radius 3 is 2.31 bits per heavy atom. The largest absolute Gasteiger partial charge is 0.0837 e. The molecule has 0 nitrogen and oxygen atoms in total. The van der Waals surface area contributed by atoms with Gasteiger partial charge in [-0.15, -0.1) is 0 Å². The summed E-state index contributed by atoms with van der Waals surface area (Å²) >= 11 is 6.28. The second kappa shape index (κ2) is 4.15. The van der Waals surface area contributed by atoms with E-state index >= 15 is 0 Å². The normalized spacial score (nSPS) is 11.3. The molecule has 0 saturated heterocycles. The Hall–Kier alpha value is -0.490. The highest BCUT2D eigenvalue weighted by Gasteiger charge is 2.10. The number of rotatable bonds is 2. The average molecular weight is 196 g/mol. The molecule has 0 bridgehead atoms. The Balaban J connectivity index is 3.18. The number of hydrogen-bond donors (Lipinski definition) is 0. The Kier molecular flexibility index (Phi) is 3.38. The van der Waals surface area contributed by atoms with Crippen molar-refractivity contribution in [2.24, 2.45) is 0 Å². The van der Waals surface area contributed by atoms with Gasteiger partial charge in [0.25, 0.3) is 0 Å². The van der Waals surface area contributed by atoms with Crippen molar-refractivity contribution < 1.29 is 0 Å². The van der Waals surface area contributed by atoms with E-state index in [2.05, 4.69) is 45.9 Å². The van der Waals surface area contributed by atoms with Crippen LogP contribution in [0.2, 0.25) is 5.02 Å². The second-order valence-electron chi connectivity index (χ2n) is 3.86. The van der Waals surface area contributed by atoms with Crippen molar-refractivity contribution in [2.45, 2.75) is 33.6 Å². The molecule has 71 valence electrons. The molecule has 1 heteroatoms. The maximum Gasteiger partial charge on any atom is 0.0478 e. The third-order valence-corrected chi connectivity index (χ3v) is 2.61. The summed E-state index contributed by atoms with van der Waals surface area (Å²) in [4.78, 5) is 0. The van der Waals surface area contributed by atoms with Crippen LogP contribution in [0.25, 0.3) is 0 Å². The summed E-state index contributed by atoms with van der Waals surface area (Å²) < 4.78 is 0. The molecule has 0 aliphatic heterocycles. The summed E-state index contributed by atoms with van der Waals surface area (Å²) in [6.45, 7) is 8.50. The maximum absolute atomic E-state index is 6.28. The molecule has 13 heavy (non-hydrogen) atoms. The van der Waals surface area contributed by atoms with Crippen LogP contribution in [0.4, 0.5) is 0 Å². The van der Waals surface area contributed by atoms with Crippen molar-refractivity contribution in [1.29, 1.82) is 0 Å². The van der Waals surface area contributed by atoms with Crippen LogP contribution >= 0.6 is 11.6 Å². The van der Waals surface area contributed by atoms with Gasteiger partial charge in [0.15, 0.2) is 0 Å². The smallest absolute Gasteiger partial charge is 0.0478 e. The first kappa shape index (κ1) is 10.6. The first-order valence-electron chi connectivity index (χ1n) is 4.63. The van der Waals surface area contributed by atoms with E-state index in [0.717, 1.165) is 5.02 Å². The lowest BCUT2D eigenvalue weighted by atomic mass is 9.96. The van der Waals surface area contributed by atoms with Crippen LogP contribution in [-0.4, -0.2) is 0 Å². The number of benzene rings is 1. The first-order chi connectivity index (χ1) is 6.04. The van der Waals surface area contributed by atoms with Gasteiger partial charge >= 0.3 is 0 Å². The van der Waals surface area contributed by atoms with Crippen LogP contribution in [-0.2, 0) is 0 Å². The van der Waals surface area contributed by atoms with E-state index in [1.54, 1.807) is 0 Å².